The van der Waals surface area contributed by atoms with Gasteiger partial charge in [-0.3, -0.25) is 14.4 Å². The first-order valence-electron chi connectivity index (χ1n) is 13.8. The molecule has 0 unspecified atom stereocenters. The Kier molecular flexibility index (Phi) is 4.09. The summed E-state index contributed by atoms with van der Waals surface area (Å²) in [6, 6.07) is 0. The Morgan fingerprint density at radius 3 is 2.54 bits per heavy atom. The number of allylic oxidation sites excluding steroid dienone is 1. The average molecular weight is 545 g/mol. The van der Waals surface area contributed by atoms with Gasteiger partial charge in [-0.15, -0.1) is 0 Å². The number of hydrogen-bond donors (Lipinski definition) is 3. The number of Topliss-reactive ketones (excluding diaryl/α,β-unsaturated/α-hetero) is 1. The van der Waals surface area contributed by atoms with Crippen molar-refractivity contribution in [1.82, 2.24) is 0 Å². The van der Waals surface area contributed by atoms with Gasteiger partial charge in [-0.1, -0.05) is 13.0 Å². The number of hydrogen-bond acceptors (Lipinski definition) is 11. The summed E-state index contributed by atoms with van der Waals surface area (Å²) in [6.45, 7) is 4.69. The second kappa shape index (κ2) is 6.49. The molecule has 2 saturated carbocycles. The van der Waals surface area contributed by atoms with Gasteiger partial charge in [0.15, 0.2) is 28.4 Å². The molecule has 210 valence electrons. The van der Waals surface area contributed by atoms with E-state index in [-0.39, 0.29) is 38.7 Å². The molecule has 5 bridgehead atoms. The minimum atomic E-state index is -2.32. The first-order chi connectivity index (χ1) is 18.2. The number of carbonyl (C=O) groups is 4. The maximum Gasteiger partial charge on any atom is 0.342 e. The minimum absolute atomic E-state index is 0.0207. The highest BCUT2D eigenvalue weighted by Gasteiger charge is 2.93. The van der Waals surface area contributed by atoms with Crippen LogP contribution in [0, 0.1) is 34.5 Å². The number of rotatable bonds is 0. The molecule has 11 nitrogen and oxygen atoms in total. The predicted molar refractivity (Wildman–Crippen MR) is 125 cm³/mol. The van der Waals surface area contributed by atoms with Crippen molar-refractivity contribution >= 4 is 23.5 Å². The molecule has 5 saturated heterocycles. The van der Waals surface area contributed by atoms with E-state index < -0.39 is 98.4 Å². The van der Waals surface area contributed by atoms with Crippen molar-refractivity contribution in [2.24, 2.45) is 34.5 Å². The Morgan fingerprint density at radius 1 is 1.05 bits per heavy atom. The third kappa shape index (κ3) is 2.10. The van der Waals surface area contributed by atoms with Gasteiger partial charge in [0.25, 0.3) is 0 Å². The van der Waals surface area contributed by atoms with Gasteiger partial charge in [-0.25, -0.2) is 4.79 Å². The summed E-state index contributed by atoms with van der Waals surface area (Å²) < 4.78 is 24.9. The molecule has 13 atom stereocenters. The van der Waals surface area contributed by atoms with Gasteiger partial charge in [0, 0.05) is 5.92 Å². The highest BCUT2D eigenvalue weighted by molar-refractivity contribution is 6.00. The zero-order valence-corrected chi connectivity index (χ0v) is 22.0. The quantitative estimate of drug-likeness (QED) is 0.344. The van der Waals surface area contributed by atoms with Crippen LogP contribution in [0.1, 0.15) is 52.9 Å². The van der Waals surface area contributed by atoms with Crippen LogP contribution in [0.15, 0.2) is 12.2 Å². The van der Waals surface area contributed by atoms with Gasteiger partial charge >= 0.3 is 11.9 Å². The zero-order valence-electron chi connectivity index (χ0n) is 22.0. The van der Waals surface area contributed by atoms with Gasteiger partial charge in [-0.05, 0) is 63.4 Å². The van der Waals surface area contributed by atoms with Crippen molar-refractivity contribution in [2.75, 3.05) is 6.61 Å². The fourth-order valence-electron chi connectivity index (χ4n) is 10.6. The van der Waals surface area contributed by atoms with E-state index in [2.05, 4.69) is 0 Å². The lowest BCUT2D eigenvalue weighted by molar-refractivity contribution is -0.382. The van der Waals surface area contributed by atoms with Gasteiger partial charge in [0.2, 0.25) is 5.79 Å². The molecule has 5 heterocycles. The molecule has 7 fully saturated rings. The molecule has 0 aromatic rings. The van der Waals surface area contributed by atoms with Crippen LogP contribution in [-0.4, -0.2) is 85.8 Å². The Labute approximate surface area is 223 Å². The van der Waals surface area contributed by atoms with Crippen molar-refractivity contribution in [3.8, 4) is 0 Å². The molecule has 8 aliphatic rings. The van der Waals surface area contributed by atoms with E-state index in [0.29, 0.717) is 0 Å². The minimum Gasteiger partial charge on any atom is -0.458 e. The van der Waals surface area contributed by atoms with Crippen LogP contribution < -0.4 is 0 Å². The number of aliphatic hydroxyl groups excluding tert-OH is 1. The molecular weight excluding hydrogens is 512 g/mol. The van der Waals surface area contributed by atoms with Crippen molar-refractivity contribution in [3.63, 3.8) is 0 Å². The standard InChI is InChI=1S/C28H32O11/c1-22-10-17-24(3)28-18(22)19(31)27(39-28,36-11-14(22)20(32)37-17)13-9-16(30)25(34)7-4-5-15(29)23(25,2)12(13)6-8-26(28,35)21(33)38-24/h4-5,12-14,16-18,30,34-35H,6-11H2,1-3H3/t12-,13-,14-,16+,17-,18+,22-,23-,24-,25-,26-,27+,28+/m0/s1. The molecule has 2 spiro atoms. The molecule has 0 aromatic carbocycles. The lowest BCUT2D eigenvalue weighted by atomic mass is 9.46. The smallest absolute Gasteiger partial charge is 0.342 e. The van der Waals surface area contributed by atoms with E-state index >= 15 is 0 Å². The number of ketones is 2. The fourth-order valence-corrected chi connectivity index (χ4v) is 10.6. The summed E-state index contributed by atoms with van der Waals surface area (Å²) in [7, 11) is 0. The second-order valence-corrected chi connectivity index (χ2v) is 13.8. The summed E-state index contributed by atoms with van der Waals surface area (Å²) >= 11 is 0. The molecule has 0 amide bonds. The summed E-state index contributed by atoms with van der Waals surface area (Å²) in [5, 5.41) is 35.6. The van der Waals surface area contributed by atoms with E-state index in [1.165, 1.54) is 12.2 Å². The summed E-state index contributed by atoms with van der Waals surface area (Å²) in [6.07, 6.45) is 0.491. The Hall–Kier alpha value is -2.18. The Balaban J connectivity index is 1.43. The Morgan fingerprint density at radius 2 is 1.79 bits per heavy atom. The summed E-state index contributed by atoms with van der Waals surface area (Å²) in [5.41, 5.74) is -10.4. The van der Waals surface area contributed by atoms with E-state index in [9.17, 15) is 34.5 Å². The van der Waals surface area contributed by atoms with Crippen molar-refractivity contribution < 1.29 is 53.4 Å². The first-order valence-corrected chi connectivity index (χ1v) is 13.8. The number of aliphatic hydroxyl groups is 3. The van der Waals surface area contributed by atoms with Crippen LogP contribution in [0.5, 0.6) is 0 Å². The largest absolute Gasteiger partial charge is 0.458 e. The van der Waals surface area contributed by atoms with Gasteiger partial charge < -0.3 is 34.3 Å². The number of esters is 2. The topological polar surface area (TPSA) is 166 Å². The molecule has 5 aliphatic heterocycles. The van der Waals surface area contributed by atoms with E-state index in [0.717, 1.165) is 0 Å². The van der Waals surface area contributed by atoms with Crippen LogP contribution in [0.4, 0.5) is 0 Å². The molecule has 11 heteroatoms. The normalized spacial score (nSPS) is 62.0. The SMILES string of the molecule is C[C@]12C[C@@H]3OC(=O)[C@@H]1CO[C@]14O[C@]5([C@@H]2C1=O)[C@@]3(C)OC(=O)[C@@]5(O)CC[C@H]1[C@@H]4C[C@@H](O)[C@@]2(O)CC=CC(=O)[C@]12C. The monoisotopic (exact) mass is 544 g/mol. The van der Waals surface area contributed by atoms with Crippen molar-refractivity contribution in [3.05, 3.63) is 12.2 Å². The van der Waals surface area contributed by atoms with Crippen LogP contribution in [0.3, 0.4) is 0 Å². The molecule has 0 radical (unpaired) electrons. The van der Waals surface area contributed by atoms with Crippen molar-refractivity contribution in [2.45, 2.75) is 93.3 Å². The van der Waals surface area contributed by atoms with Crippen LogP contribution in [0.25, 0.3) is 0 Å². The highest BCUT2D eigenvalue weighted by atomic mass is 16.8. The van der Waals surface area contributed by atoms with E-state index in [1.54, 1.807) is 20.8 Å². The number of fused-ring (bicyclic) bond motifs is 5. The van der Waals surface area contributed by atoms with Crippen LogP contribution >= 0.6 is 0 Å². The molecule has 3 N–H and O–H groups in total. The van der Waals surface area contributed by atoms with Gasteiger partial charge in [0.05, 0.1) is 30.0 Å². The lowest BCUT2D eigenvalue weighted by Gasteiger charge is -2.64. The predicted octanol–water partition coefficient (Wildman–Crippen LogP) is -0.277. The fraction of sp³-hybridized carbons (Fsp3) is 0.786. The Bertz CT molecular complexity index is 1330. The highest BCUT2D eigenvalue weighted by Crippen LogP contribution is 2.75. The maximum absolute atomic E-state index is 14.9. The van der Waals surface area contributed by atoms with Crippen LogP contribution in [-0.2, 0) is 38.1 Å². The summed E-state index contributed by atoms with van der Waals surface area (Å²) in [4.78, 5) is 55.5. The second-order valence-electron chi connectivity index (χ2n) is 13.8. The maximum atomic E-state index is 14.9. The molecular formula is C28H32O11. The van der Waals surface area contributed by atoms with E-state index in [4.69, 9.17) is 18.9 Å². The third-order valence-electron chi connectivity index (χ3n) is 12.7. The zero-order chi connectivity index (χ0) is 27.8. The van der Waals surface area contributed by atoms with Crippen molar-refractivity contribution in [1.29, 1.82) is 0 Å². The van der Waals surface area contributed by atoms with E-state index in [1.807, 2.05) is 0 Å². The summed E-state index contributed by atoms with van der Waals surface area (Å²) in [5.74, 6) is -8.35. The molecule has 8 rings (SSSR count). The number of carbonyl (C=O) groups excluding carboxylic acids is 4. The first kappa shape index (κ1) is 24.6. The van der Waals surface area contributed by atoms with Gasteiger partial charge in [-0.2, -0.15) is 0 Å². The lowest BCUT2D eigenvalue weighted by Crippen LogP contribution is -2.79. The molecule has 0 aromatic heterocycles. The van der Waals surface area contributed by atoms with Crippen LogP contribution in [0.2, 0.25) is 0 Å². The average Bonchev–Trinajstić information content (AvgIpc) is 3.19. The number of ether oxygens (including phenoxy) is 4. The third-order valence-corrected chi connectivity index (χ3v) is 12.7. The molecule has 3 aliphatic carbocycles. The molecule has 39 heavy (non-hydrogen) atoms. The van der Waals surface area contributed by atoms with Gasteiger partial charge in [0.1, 0.15) is 11.7 Å².